The molecule has 70 valence electrons. The van der Waals surface area contributed by atoms with Crippen molar-refractivity contribution < 1.29 is 14.3 Å². The molecular weight excluding hydrogens is 156 g/mol. The summed E-state index contributed by atoms with van der Waals surface area (Å²) in [7, 11) is 1.64. The largest absolute Gasteiger partial charge is 0.382 e. The van der Waals surface area contributed by atoms with Gasteiger partial charge < -0.3 is 14.3 Å². The van der Waals surface area contributed by atoms with Gasteiger partial charge in [-0.15, -0.1) is 0 Å². The lowest BCUT2D eigenvalue weighted by molar-refractivity contribution is -0.133. The van der Waals surface area contributed by atoms with Crippen LogP contribution in [0.4, 0.5) is 0 Å². The number of carbonyl (C=O) groups excluding carboxylic acids is 1. The molecule has 0 radical (unpaired) electrons. The Labute approximate surface area is 73.0 Å². The summed E-state index contributed by atoms with van der Waals surface area (Å²) < 4.78 is 10.6. The van der Waals surface area contributed by atoms with Gasteiger partial charge in [0.1, 0.15) is 6.29 Å². The number of carbonyl (C=O) groups is 1. The Morgan fingerprint density at radius 3 is 2.92 bits per heavy atom. The second kappa shape index (κ2) is 4.58. The van der Waals surface area contributed by atoms with Crippen molar-refractivity contribution in [3.05, 3.63) is 0 Å². The van der Waals surface area contributed by atoms with Gasteiger partial charge in [-0.25, -0.2) is 0 Å². The molecule has 0 bridgehead atoms. The van der Waals surface area contributed by atoms with Crippen LogP contribution in [0.2, 0.25) is 0 Å². The Morgan fingerprint density at radius 1 is 1.58 bits per heavy atom. The Morgan fingerprint density at radius 2 is 2.42 bits per heavy atom. The zero-order valence-corrected chi connectivity index (χ0v) is 7.54. The van der Waals surface area contributed by atoms with Gasteiger partial charge in [-0.3, -0.25) is 0 Å². The normalized spacial score (nSPS) is 30.1. The van der Waals surface area contributed by atoms with E-state index in [0.29, 0.717) is 13.0 Å². The molecule has 3 heteroatoms. The topological polar surface area (TPSA) is 35.5 Å². The fraction of sp³-hybridized carbons (Fsp3) is 0.889. The molecule has 0 N–H and O–H groups in total. The molecule has 0 aromatic carbocycles. The van der Waals surface area contributed by atoms with Crippen LogP contribution in [0.25, 0.3) is 0 Å². The quantitative estimate of drug-likeness (QED) is 0.597. The van der Waals surface area contributed by atoms with Crippen molar-refractivity contribution in [3.8, 4) is 0 Å². The first-order valence-corrected chi connectivity index (χ1v) is 4.39. The van der Waals surface area contributed by atoms with Gasteiger partial charge in [-0.1, -0.05) is 0 Å². The van der Waals surface area contributed by atoms with Gasteiger partial charge in [0.25, 0.3) is 0 Å². The summed E-state index contributed by atoms with van der Waals surface area (Å²) in [4.78, 5) is 10.4. The van der Waals surface area contributed by atoms with Crippen LogP contribution in [0, 0.1) is 0 Å². The summed E-state index contributed by atoms with van der Waals surface area (Å²) in [5.41, 5.74) is -0.311. The van der Waals surface area contributed by atoms with E-state index in [2.05, 4.69) is 0 Å². The average molecular weight is 172 g/mol. The van der Waals surface area contributed by atoms with E-state index in [9.17, 15) is 4.79 Å². The van der Waals surface area contributed by atoms with E-state index in [-0.39, 0.29) is 5.60 Å². The summed E-state index contributed by atoms with van der Waals surface area (Å²) in [6, 6.07) is 0. The summed E-state index contributed by atoms with van der Waals surface area (Å²) in [6.07, 6.45) is 4.56. The molecule has 1 saturated heterocycles. The third-order valence-electron chi connectivity index (χ3n) is 2.30. The predicted molar refractivity (Wildman–Crippen MR) is 45.1 cm³/mol. The van der Waals surface area contributed by atoms with E-state index in [0.717, 1.165) is 32.2 Å². The van der Waals surface area contributed by atoms with E-state index < -0.39 is 0 Å². The predicted octanol–water partition coefficient (Wildman–Crippen LogP) is 1.16. The number of hydrogen-bond donors (Lipinski definition) is 0. The average Bonchev–Trinajstić information content (AvgIpc) is 2.07. The maximum atomic E-state index is 10.4. The zero-order chi connectivity index (χ0) is 8.86. The maximum Gasteiger partial charge on any atom is 0.122 e. The van der Waals surface area contributed by atoms with Crippen LogP contribution in [0.15, 0.2) is 0 Å². The molecule has 1 unspecified atom stereocenters. The maximum absolute atomic E-state index is 10.4. The number of methoxy groups -OCH3 is 1. The molecule has 0 aromatic heterocycles. The first-order valence-electron chi connectivity index (χ1n) is 4.39. The fourth-order valence-electron chi connectivity index (χ4n) is 1.66. The van der Waals surface area contributed by atoms with Gasteiger partial charge in [-0.2, -0.15) is 0 Å². The number of ether oxygens (including phenoxy) is 2. The third-order valence-corrected chi connectivity index (χ3v) is 2.30. The minimum absolute atomic E-state index is 0.311. The Hall–Kier alpha value is -0.410. The molecule has 0 saturated carbocycles. The molecule has 0 amide bonds. The van der Waals surface area contributed by atoms with E-state index in [4.69, 9.17) is 9.47 Å². The first kappa shape index (κ1) is 9.68. The van der Waals surface area contributed by atoms with Gasteiger partial charge in [0.05, 0.1) is 12.2 Å². The van der Waals surface area contributed by atoms with Gasteiger partial charge in [0.2, 0.25) is 0 Å². The minimum Gasteiger partial charge on any atom is -0.382 e. The molecule has 0 aromatic rings. The highest BCUT2D eigenvalue weighted by Gasteiger charge is 2.32. The Bertz CT molecular complexity index is 133. The summed E-state index contributed by atoms with van der Waals surface area (Å²) in [6.45, 7) is 1.29. The summed E-state index contributed by atoms with van der Waals surface area (Å²) in [5, 5.41) is 0. The first-order chi connectivity index (χ1) is 5.83. The van der Waals surface area contributed by atoms with Crippen LogP contribution in [-0.4, -0.2) is 32.2 Å². The van der Waals surface area contributed by atoms with Crippen LogP contribution >= 0.6 is 0 Å². The molecule has 1 aliphatic rings. The molecular formula is C9H16O3. The molecule has 1 atom stereocenters. The highest BCUT2D eigenvalue weighted by Crippen LogP contribution is 2.27. The lowest BCUT2D eigenvalue weighted by Crippen LogP contribution is -2.41. The van der Waals surface area contributed by atoms with Crippen LogP contribution in [0.1, 0.15) is 25.7 Å². The highest BCUT2D eigenvalue weighted by atomic mass is 16.5. The van der Waals surface area contributed by atoms with Gasteiger partial charge in [-0.05, 0) is 19.3 Å². The van der Waals surface area contributed by atoms with Crippen molar-refractivity contribution in [2.45, 2.75) is 31.3 Å². The van der Waals surface area contributed by atoms with Crippen LogP contribution < -0.4 is 0 Å². The fourth-order valence-corrected chi connectivity index (χ4v) is 1.66. The third kappa shape index (κ3) is 2.29. The zero-order valence-electron chi connectivity index (χ0n) is 7.54. The minimum atomic E-state index is -0.311. The monoisotopic (exact) mass is 172 g/mol. The van der Waals surface area contributed by atoms with E-state index in [1.165, 1.54) is 0 Å². The van der Waals surface area contributed by atoms with Crippen LogP contribution in [0.3, 0.4) is 0 Å². The molecule has 1 fully saturated rings. The Kier molecular flexibility index (Phi) is 3.69. The SMILES string of the molecule is COCC1(CC=O)CCCCO1. The van der Waals surface area contributed by atoms with Crippen molar-refractivity contribution in [2.75, 3.05) is 20.3 Å². The van der Waals surface area contributed by atoms with Crippen LogP contribution in [0.5, 0.6) is 0 Å². The lowest BCUT2D eigenvalue weighted by Gasteiger charge is -2.35. The van der Waals surface area contributed by atoms with Gasteiger partial charge in [0.15, 0.2) is 0 Å². The van der Waals surface area contributed by atoms with E-state index >= 15 is 0 Å². The van der Waals surface area contributed by atoms with Gasteiger partial charge in [0, 0.05) is 20.1 Å². The second-order valence-electron chi connectivity index (χ2n) is 3.29. The smallest absolute Gasteiger partial charge is 0.122 e. The number of hydrogen-bond acceptors (Lipinski definition) is 3. The molecule has 3 nitrogen and oxygen atoms in total. The molecule has 0 aliphatic carbocycles. The van der Waals surface area contributed by atoms with Gasteiger partial charge >= 0.3 is 0 Å². The second-order valence-corrected chi connectivity index (χ2v) is 3.29. The molecule has 1 rings (SSSR count). The van der Waals surface area contributed by atoms with Crippen molar-refractivity contribution in [2.24, 2.45) is 0 Å². The molecule has 1 heterocycles. The molecule has 12 heavy (non-hydrogen) atoms. The standard InChI is InChI=1S/C9H16O3/c1-11-8-9(5-6-10)4-2-3-7-12-9/h6H,2-5,7-8H2,1H3. The van der Waals surface area contributed by atoms with E-state index in [1.54, 1.807) is 7.11 Å². The van der Waals surface area contributed by atoms with Crippen molar-refractivity contribution in [1.29, 1.82) is 0 Å². The van der Waals surface area contributed by atoms with Crippen molar-refractivity contribution >= 4 is 6.29 Å². The number of aldehydes is 1. The van der Waals surface area contributed by atoms with E-state index in [1.807, 2.05) is 0 Å². The summed E-state index contributed by atoms with van der Waals surface area (Å²) >= 11 is 0. The van der Waals surface area contributed by atoms with Crippen molar-refractivity contribution in [1.82, 2.24) is 0 Å². The van der Waals surface area contributed by atoms with Crippen molar-refractivity contribution in [3.63, 3.8) is 0 Å². The Balaban J connectivity index is 2.49. The van der Waals surface area contributed by atoms with Crippen LogP contribution in [-0.2, 0) is 14.3 Å². The highest BCUT2D eigenvalue weighted by molar-refractivity contribution is 5.51. The summed E-state index contributed by atoms with van der Waals surface area (Å²) in [5.74, 6) is 0. The molecule has 0 spiro atoms. The number of rotatable bonds is 4. The molecule has 1 aliphatic heterocycles. The lowest BCUT2D eigenvalue weighted by atomic mass is 9.92.